The number of nitrogens with one attached hydrogen (secondary N) is 2. The molecule has 1 aromatic rings. The second-order valence-electron chi connectivity index (χ2n) is 6.73. The Bertz CT molecular complexity index is 586. The lowest BCUT2D eigenvalue weighted by molar-refractivity contribution is 0.0174. The van der Waals surface area contributed by atoms with Gasteiger partial charge in [0.15, 0.2) is 0 Å². The van der Waals surface area contributed by atoms with E-state index in [9.17, 15) is 9.59 Å². The highest BCUT2D eigenvalue weighted by Crippen LogP contribution is 2.11. The number of benzene rings is 1. The van der Waals surface area contributed by atoms with Crippen LogP contribution in [0.2, 0.25) is 0 Å². The summed E-state index contributed by atoms with van der Waals surface area (Å²) in [7, 11) is 0. The number of hydrogen-bond donors (Lipinski definition) is 4. The van der Waals surface area contributed by atoms with Gasteiger partial charge in [-0.15, -0.1) is 0 Å². The lowest BCUT2D eigenvalue weighted by Crippen LogP contribution is -2.54. The minimum Gasteiger partial charge on any atom is -0.444 e. The largest absolute Gasteiger partial charge is 0.444 e. The summed E-state index contributed by atoms with van der Waals surface area (Å²) in [5.41, 5.74) is 12.6. The van der Waals surface area contributed by atoms with Crippen LogP contribution in [0.3, 0.4) is 0 Å². The van der Waals surface area contributed by atoms with Crippen molar-refractivity contribution >= 4 is 17.8 Å². The molecule has 0 saturated carbocycles. The fourth-order valence-corrected chi connectivity index (χ4v) is 2.06. The Morgan fingerprint density at radius 3 is 2.56 bits per heavy atom. The molecule has 0 spiro atoms. The molecular formula is C17H29N5O3. The summed E-state index contributed by atoms with van der Waals surface area (Å²) in [6.45, 7) is 7.78. The third-order valence-electron chi connectivity index (χ3n) is 3.15. The zero-order valence-electron chi connectivity index (χ0n) is 15.3. The number of aryl methyl sites for hydroxylation is 1. The number of amides is 3. The van der Waals surface area contributed by atoms with Crippen molar-refractivity contribution in [1.29, 1.82) is 0 Å². The topological polar surface area (TPSA) is 123 Å². The fourth-order valence-electron chi connectivity index (χ4n) is 2.06. The maximum absolute atomic E-state index is 12.2. The van der Waals surface area contributed by atoms with Gasteiger partial charge in [-0.3, -0.25) is 4.90 Å². The predicted octanol–water partition coefficient (Wildman–Crippen LogP) is 1.60. The Morgan fingerprint density at radius 2 is 2.00 bits per heavy atom. The van der Waals surface area contributed by atoms with Crippen LogP contribution in [0.25, 0.3) is 0 Å². The van der Waals surface area contributed by atoms with Crippen molar-refractivity contribution in [3.8, 4) is 0 Å². The van der Waals surface area contributed by atoms with Crippen LogP contribution in [0.5, 0.6) is 0 Å². The second kappa shape index (κ2) is 9.24. The first-order valence-electron chi connectivity index (χ1n) is 8.19. The quantitative estimate of drug-likeness (QED) is 0.580. The van der Waals surface area contributed by atoms with Crippen LogP contribution < -0.4 is 22.1 Å². The van der Waals surface area contributed by atoms with Gasteiger partial charge in [-0.2, -0.15) is 0 Å². The Hall–Kier alpha value is -2.32. The summed E-state index contributed by atoms with van der Waals surface area (Å²) in [4.78, 5) is 25.5. The highest BCUT2D eigenvalue weighted by Gasteiger charge is 2.26. The van der Waals surface area contributed by atoms with E-state index in [4.69, 9.17) is 16.2 Å². The molecule has 0 aliphatic rings. The monoisotopic (exact) mass is 351 g/mol. The van der Waals surface area contributed by atoms with Gasteiger partial charge in [0.1, 0.15) is 11.8 Å². The van der Waals surface area contributed by atoms with E-state index < -0.39 is 23.9 Å². The maximum atomic E-state index is 12.2. The van der Waals surface area contributed by atoms with Crippen molar-refractivity contribution in [2.45, 2.75) is 39.5 Å². The summed E-state index contributed by atoms with van der Waals surface area (Å²) in [5.74, 6) is 0. The summed E-state index contributed by atoms with van der Waals surface area (Å²) in [6.07, 6.45) is -1.31. The summed E-state index contributed by atoms with van der Waals surface area (Å²) in [6, 6.07) is 7.01. The number of ether oxygens (including phenoxy) is 1. The molecule has 8 heteroatoms. The molecule has 0 bridgehead atoms. The van der Waals surface area contributed by atoms with E-state index in [0.29, 0.717) is 5.69 Å². The van der Waals surface area contributed by atoms with Crippen molar-refractivity contribution in [3.05, 3.63) is 29.8 Å². The molecule has 1 unspecified atom stereocenters. The third-order valence-corrected chi connectivity index (χ3v) is 3.15. The minimum absolute atomic E-state index is 0.0664. The Labute approximate surface area is 148 Å². The minimum atomic E-state index is -0.748. The molecule has 3 amide bonds. The lowest BCUT2D eigenvalue weighted by Gasteiger charge is -2.31. The molecule has 0 aliphatic heterocycles. The summed E-state index contributed by atoms with van der Waals surface area (Å²) in [5, 5.41) is 5.35. The van der Waals surface area contributed by atoms with E-state index in [0.717, 1.165) is 5.56 Å². The summed E-state index contributed by atoms with van der Waals surface area (Å²) < 4.78 is 5.31. The van der Waals surface area contributed by atoms with Crippen LogP contribution in [0.15, 0.2) is 24.3 Å². The smallest absolute Gasteiger partial charge is 0.411 e. The molecule has 0 heterocycles. The third kappa shape index (κ3) is 7.86. The van der Waals surface area contributed by atoms with Crippen molar-refractivity contribution in [1.82, 2.24) is 10.2 Å². The number of anilines is 1. The van der Waals surface area contributed by atoms with Gasteiger partial charge >= 0.3 is 12.1 Å². The SMILES string of the molecule is Cc1cccc(NC(=O)NCC(N)N(CCN)C(=O)OC(C)(C)C)c1. The van der Waals surface area contributed by atoms with Crippen LogP contribution in [0.1, 0.15) is 26.3 Å². The zero-order valence-corrected chi connectivity index (χ0v) is 15.3. The van der Waals surface area contributed by atoms with Crippen LogP contribution >= 0.6 is 0 Å². The number of hydrogen-bond acceptors (Lipinski definition) is 5. The number of carbonyl (C=O) groups is 2. The first kappa shape index (κ1) is 20.7. The van der Waals surface area contributed by atoms with E-state index in [-0.39, 0.29) is 19.6 Å². The molecule has 8 nitrogen and oxygen atoms in total. The normalized spacial score (nSPS) is 12.2. The average molecular weight is 351 g/mol. The molecule has 6 N–H and O–H groups in total. The van der Waals surface area contributed by atoms with E-state index in [2.05, 4.69) is 10.6 Å². The number of rotatable bonds is 6. The van der Waals surface area contributed by atoms with Crippen molar-refractivity contribution < 1.29 is 14.3 Å². The Kier molecular flexibility index (Phi) is 7.66. The Morgan fingerprint density at radius 1 is 1.32 bits per heavy atom. The van der Waals surface area contributed by atoms with Crippen LogP contribution in [0.4, 0.5) is 15.3 Å². The van der Waals surface area contributed by atoms with Crippen molar-refractivity contribution in [2.75, 3.05) is 25.0 Å². The number of nitrogens with two attached hydrogens (primary N) is 2. The molecule has 0 aromatic heterocycles. The van der Waals surface area contributed by atoms with Crippen molar-refractivity contribution in [3.63, 3.8) is 0 Å². The molecule has 0 radical (unpaired) electrons. The van der Waals surface area contributed by atoms with E-state index in [1.54, 1.807) is 26.8 Å². The second-order valence-corrected chi connectivity index (χ2v) is 6.73. The van der Waals surface area contributed by atoms with Gasteiger partial charge in [-0.05, 0) is 45.4 Å². The van der Waals surface area contributed by atoms with Gasteiger partial charge in [-0.25, -0.2) is 9.59 Å². The summed E-state index contributed by atoms with van der Waals surface area (Å²) >= 11 is 0. The van der Waals surface area contributed by atoms with Gasteiger partial charge < -0.3 is 26.8 Å². The molecule has 25 heavy (non-hydrogen) atoms. The highest BCUT2D eigenvalue weighted by molar-refractivity contribution is 5.89. The van der Waals surface area contributed by atoms with Gasteiger partial charge in [-0.1, -0.05) is 12.1 Å². The molecule has 1 aromatic carbocycles. The van der Waals surface area contributed by atoms with Gasteiger partial charge in [0.2, 0.25) is 0 Å². The predicted molar refractivity (Wildman–Crippen MR) is 98.2 cm³/mol. The number of carbonyl (C=O) groups excluding carboxylic acids is 2. The maximum Gasteiger partial charge on any atom is 0.411 e. The molecule has 0 fully saturated rings. The standard InChI is InChI=1S/C17H29N5O3/c1-12-6-5-7-13(10-12)21-15(23)20-11-14(19)22(9-8-18)16(24)25-17(2,3)4/h5-7,10,14H,8-9,11,18-19H2,1-4H3,(H2,20,21,23). The average Bonchev–Trinajstić information content (AvgIpc) is 2.48. The number of nitrogens with zero attached hydrogens (tertiary/aromatic N) is 1. The fraction of sp³-hybridized carbons (Fsp3) is 0.529. The van der Waals surface area contributed by atoms with Gasteiger partial charge in [0, 0.05) is 18.8 Å². The van der Waals surface area contributed by atoms with E-state index >= 15 is 0 Å². The van der Waals surface area contributed by atoms with Gasteiger partial charge in [0.05, 0.1) is 6.54 Å². The van der Waals surface area contributed by atoms with E-state index in [1.165, 1.54) is 4.90 Å². The molecular weight excluding hydrogens is 322 g/mol. The van der Waals surface area contributed by atoms with E-state index in [1.807, 2.05) is 25.1 Å². The van der Waals surface area contributed by atoms with Gasteiger partial charge in [0.25, 0.3) is 0 Å². The van der Waals surface area contributed by atoms with Crippen molar-refractivity contribution in [2.24, 2.45) is 11.5 Å². The van der Waals surface area contributed by atoms with Crippen LogP contribution in [-0.2, 0) is 4.74 Å². The molecule has 1 rings (SSSR count). The molecule has 1 atom stereocenters. The molecule has 0 aliphatic carbocycles. The highest BCUT2D eigenvalue weighted by atomic mass is 16.6. The van der Waals surface area contributed by atoms with Crippen LogP contribution in [-0.4, -0.2) is 48.4 Å². The first-order valence-corrected chi connectivity index (χ1v) is 8.19. The Balaban J connectivity index is 2.57. The lowest BCUT2D eigenvalue weighted by atomic mass is 10.2. The molecule has 140 valence electrons. The zero-order chi connectivity index (χ0) is 19.0. The van der Waals surface area contributed by atoms with Crippen LogP contribution in [0, 0.1) is 6.92 Å². The molecule has 0 saturated heterocycles. The number of urea groups is 1. The first-order chi connectivity index (χ1) is 11.6.